The second-order valence-corrected chi connectivity index (χ2v) is 7.79. The van der Waals surface area contributed by atoms with Crippen molar-refractivity contribution in [3.63, 3.8) is 0 Å². The van der Waals surface area contributed by atoms with Crippen molar-refractivity contribution >= 4 is 11.9 Å². The summed E-state index contributed by atoms with van der Waals surface area (Å²) in [5, 5.41) is 8.78. The molecule has 0 aromatic heterocycles. The van der Waals surface area contributed by atoms with Crippen molar-refractivity contribution in [3.05, 3.63) is 89.0 Å². The molecule has 1 N–H and O–H groups in total. The van der Waals surface area contributed by atoms with E-state index < -0.39 is 12.6 Å². The number of hydrogen-bond donors (Lipinski definition) is 1. The number of nitrogens with zero attached hydrogens (tertiary/aromatic N) is 1. The Labute approximate surface area is 199 Å². The van der Waals surface area contributed by atoms with Gasteiger partial charge in [-0.05, 0) is 48.7 Å². The maximum Gasteiger partial charge on any atom is 0.341 e. The average Bonchev–Trinajstić information content (AvgIpc) is 2.86. The van der Waals surface area contributed by atoms with Crippen LogP contribution in [0, 0.1) is 6.92 Å². The molecule has 0 radical (unpaired) electrons. The van der Waals surface area contributed by atoms with Crippen molar-refractivity contribution in [2.24, 2.45) is 0 Å². The van der Waals surface area contributed by atoms with Crippen LogP contribution < -0.4 is 14.2 Å². The topological polar surface area (TPSA) is 85.3 Å². The van der Waals surface area contributed by atoms with E-state index in [4.69, 9.17) is 19.3 Å². The van der Waals surface area contributed by atoms with Crippen LogP contribution in [-0.4, -0.2) is 49.3 Å². The van der Waals surface area contributed by atoms with Gasteiger partial charge in [-0.25, -0.2) is 4.79 Å². The zero-order valence-corrected chi connectivity index (χ0v) is 19.6. The molecule has 3 rings (SSSR count). The van der Waals surface area contributed by atoms with Gasteiger partial charge in [-0.1, -0.05) is 42.5 Å². The summed E-state index contributed by atoms with van der Waals surface area (Å²) in [4.78, 5) is 26.1. The standard InChI is InChI=1S/C27H29NO6/c1-19-24(32-2)15-22(16-25(19)33-3)27(31)28(14-13-20-7-5-4-6-8-20)17-21-9-11-23(12-10-21)34-18-26(29)30/h4-12,15-16H,13-14,17-18H2,1-3H3,(H,29,30). The van der Waals surface area contributed by atoms with Gasteiger partial charge in [0.2, 0.25) is 0 Å². The highest BCUT2D eigenvalue weighted by Crippen LogP contribution is 2.30. The fourth-order valence-electron chi connectivity index (χ4n) is 3.61. The number of hydrogen-bond acceptors (Lipinski definition) is 5. The van der Waals surface area contributed by atoms with Crippen LogP contribution in [-0.2, 0) is 17.8 Å². The van der Waals surface area contributed by atoms with Gasteiger partial charge in [0, 0.05) is 24.2 Å². The van der Waals surface area contributed by atoms with Gasteiger partial charge >= 0.3 is 5.97 Å². The van der Waals surface area contributed by atoms with Crippen LogP contribution >= 0.6 is 0 Å². The van der Waals surface area contributed by atoms with Gasteiger partial charge in [0.1, 0.15) is 17.2 Å². The Balaban J connectivity index is 1.84. The first-order valence-electron chi connectivity index (χ1n) is 10.9. The lowest BCUT2D eigenvalue weighted by Gasteiger charge is -2.24. The van der Waals surface area contributed by atoms with Gasteiger partial charge < -0.3 is 24.2 Å². The Morgan fingerprint density at radius 2 is 1.50 bits per heavy atom. The Kier molecular flexibility index (Phi) is 8.51. The minimum absolute atomic E-state index is 0.140. The zero-order valence-electron chi connectivity index (χ0n) is 19.6. The van der Waals surface area contributed by atoms with Gasteiger partial charge in [0.25, 0.3) is 5.91 Å². The molecule has 0 fully saturated rings. The molecular weight excluding hydrogens is 434 g/mol. The van der Waals surface area contributed by atoms with E-state index in [0.717, 1.165) is 16.7 Å². The SMILES string of the molecule is COc1cc(C(=O)N(CCc2ccccc2)Cc2ccc(OCC(=O)O)cc2)cc(OC)c1C. The molecule has 0 heterocycles. The van der Waals surface area contributed by atoms with E-state index in [0.29, 0.717) is 42.3 Å². The second kappa shape index (κ2) is 11.7. The van der Waals surface area contributed by atoms with E-state index >= 15 is 0 Å². The monoisotopic (exact) mass is 463 g/mol. The van der Waals surface area contributed by atoms with E-state index in [2.05, 4.69) is 0 Å². The number of carbonyl (C=O) groups is 2. The summed E-state index contributed by atoms with van der Waals surface area (Å²) in [5.41, 5.74) is 3.34. The molecule has 0 spiro atoms. The molecule has 178 valence electrons. The van der Waals surface area contributed by atoms with Crippen LogP contribution in [0.1, 0.15) is 27.0 Å². The predicted molar refractivity (Wildman–Crippen MR) is 129 cm³/mol. The van der Waals surface area contributed by atoms with Crippen LogP contribution in [0.5, 0.6) is 17.2 Å². The molecule has 0 atom stereocenters. The lowest BCUT2D eigenvalue weighted by Crippen LogP contribution is -2.32. The number of ether oxygens (including phenoxy) is 3. The van der Waals surface area contributed by atoms with Crippen LogP contribution in [0.3, 0.4) is 0 Å². The van der Waals surface area contributed by atoms with Gasteiger partial charge in [0.15, 0.2) is 6.61 Å². The lowest BCUT2D eigenvalue weighted by molar-refractivity contribution is -0.139. The smallest absolute Gasteiger partial charge is 0.341 e. The van der Waals surface area contributed by atoms with E-state index in [1.54, 1.807) is 43.4 Å². The highest BCUT2D eigenvalue weighted by atomic mass is 16.5. The van der Waals surface area contributed by atoms with Gasteiger partial charge in [-0.15, -0.1) is 0 Å². The molecule has 7 heteroatoms. The third-order valence-corrected chi connectivity index (χ3v) is 5.46. The summed E-state index contributed by atoms with van der Waals surface area (Å²) in [7, 11) is 3.13. The van der Waals surface area contributed by atoms with Crippen molar-refractivity contribution in [2.75, 3.05) is 27.4 Å². The zero-order chi connectivity index (χ0) is 24.5. The molecule has 0 aliphatic rings. The molecule has 1 amide bonds. The van der Waals surface area contributed by atoms with Crippen molar-refractivity contribution in [1.82, 2.24) is 4.90 Å². The lowest BCUT2D eigenvalue weighted by atomic mass is 10.1. The number of amides is 1. The highest BCUT2D eigenvalue weighted by molar-refractivity contribution is 5.95. The fourth-order valence-corrected chi connectivity index (χ4v) is 3.61. The third kappa shape index (κ3) is 6.51. The van der Waals surface area contributed by atoms with Crippen molar-refractivity contribution in [3.8, 4) is 17.2 Å². The quantitative estimate of drug-likeness (QED) is 0.455. The van der Waals surface area contributed by atoms with Gasteiger partial charge in [0.05, 0.1) is 14.2 Å². The number of rotatable bonds is 11. The summed E-state index contributed by atoms with van der Waals surface area (Å²) in [6.45, 7) is 2.37. The molecule has 0 aliphatic carbocycles. The van der Waals surface area contributed by atoms with Gasteiger partial charge in [-0.3, -0.25) is 4.79 Å². The first-order chi connectivity index (χ1) is 16.4. The molecular formula is C27H29NO6. The summed E-state index contributed by atoms with van der Waals surface area (Å²) < 4.78 is 16.1. The van der Waals surface area contributed by atoms with E-state index in [-0.39, 0.29) is 5.91 Å². The van der Waals surface area contributed by atoms with Gasteiger partial charge in [-0.2, -0.15) is 0 Å². The Hall–Kier alpha value is -4.00. The van der Waals surface area contributed by atoms with E-state index in [1.807, 2.05) is 49.4 Å². The predicted octanol–water partition coefficient (Wildman–Crippen LogP) is 4.36. The normalized spacial score (nSPS) is 10.4. The van der Waals surface area contributed by atoms with E-state index in [9.17, 15) is 9.59 Å². The fraction of sp³-hybridized carbons (Fsp3) is 0.259. The van der Waals surface area contributed by atoms with Crippen molar-refractivity contribution in [2.45, 2.75) is 19.9 Å². The Morgan fingerprint density at radius 1 is 0.882 bits per heavy atom. The number of carboxylic acid groups (broad SMARTS) is 1. The molecule has 0 saturated carbocycles. The number of carboxylic acids is 1. The molecule has 0 saturated heterocycles. The Morgan fingerprint density at radius 3 is 2.06 bits per heavy atom. The van der Waals surface area contributed by atoms with Crippen LogP contribution in [0.2, 0.25) is 0 Å². The first kappa shape index (κ1) is 24.6. The average molecular weight is 464 g/mol. The second-order valence-electron chi connectivity index (χ2n) is 7.79. The number of aliphatic carboxylic acids is 1. The molecule has 3 aromatic carbocycles. The largest absolute Gasteiger partial charge is 0.496 e. The molecule has 0 bridgehead atoms. The highest BCUT2D eigenvalue weighted by Gasteiger charge is 2.20. The molecule has 3 aromatic rings. The molecule has 34 heavy (non-hydrogen) atoms. The maximum atomic E-state index is 13.6. The summed E-state index contributed by atoms with van der Waals surface area (Å²) in [6, 6.07) is 20.5. The summed E-state index contributed by atoms with van der Waals surface area (Å²) in [6.07, 6.45) is 0.701. The number of benzene rings is 3. The Bertz CT molecular complexity index is 1090. The summed E-state index contributed by atoms with van der Waals surface area (Å²) in [5.74, 6) is 0.460. The van der Waals surface area contributed by atoms with Crippen molar-refractivity contribution < 1.29 is 28.9 Å². The van der Waals surface area contributed by atoms with E-state index in [1.165, 1.54) is 0 Å². The molecule has 7 nitrogen and oxygen atoms in total. The minimum atomic E-state index is -1.04. The molecule has 0 unspecified atom stereocenters. The minimum Gasteiger partial charge on any atom is -0.496 e. The maximum absolute atomic E-state index is 13.6. The van der Waals surface area contributed by atoms with Crippen LogP contribution in [0.25, 0.3) is 0 Å². The summed E-state index contributed by atoms with van der Waals surface area (Å²) >= 11 is 0. The third-order valence-electron chi connectivity index (χ3n) is 5.46. The number of carbonyl (C=O) groups excluding carboxylic acids is 1. The van der Waals surface area contributed by atoms with Crippen LogP contribution in [0.4, 0.5) is 0 Å². The number of methoxy groups -OCH3 is 2. The first-order valence-corrected chi connectivity index (χ1v) is 10.9. The van der Waals surface area contributed by atoms with Crippen molar-refractivity contribution in [1.29, 1.82) is 0 Å². The molecule has 0 aliphatic heterocycles. The van der Waals surface area contributed by atoms with Crippen LogP contribution in [0.15, 0.2) is 66.7 Å².